The Morgan fingerprint density at radius 1 is 1.08 bits per heavy atom. The molecule has 0 aliphatic carbocycles. The first-order valence-corrected chi connectivity index (χ1v) is 17.7. The minimum absolute atomic E-state index is 0.112. The van der Waals surface area contributed by atoms with Crippen LogP contribution in [0.15, 0.2) is 79.9 Å². The predicted octanol–water partition coefficient (Wildman–Crippen LogP) is 4.17. The van der Waals surface area contributed by atoms with Gasteiger partial charge in [0.05, 0.1) is 37.1 Å². The lowest BCUT2D eigenvalue weighted by Crippen LogP contribution is -2.57. The first-order chi connectivity index (χ1) is 24.1. The van der Waals surface area contributed by atoms with E-state index in [1.165, 1.54) is 4.90 Å². The normalized spacial score (nSPS) is 24.6. The molecule has 3 saturated heterocycles. The summed E-state index contributed by atoms with van der Waals surface area (Å²) in [4.78, 5) is 61.0. The maximum Gasteiger partial charge on any atom is 0.312 e. The van der Waals surface area contributed by atoms with Crippen LogP contribution in [0.4, 0.5) is 11.4 Å². The van der Waals surface area contributed by atoms with Crippen molar-refractivity contribution in [3.63, 3.8) is 0 Å². The number of aliphatic hydroxyl groups is 1. The Labute approximate surface area is 294 Å². The van der Waals surface area contributed by atoms with Crippen molar-refractivity contribution in [3.05, 3.63) is 85.5 Å². The van der Waals surface area contributed by atoms with Gasteiger partial charge in [0.2, 0.25) is 11.8 Å². The molecule has 0 aromatic heterocycles. The number of rotatable bonds is 17. The number of likely N-dealkylation sites (tertiary alicyclic amines) is 1. The van der Waals surface area contributed by atoms with Crippen molar-refractivity contribution in [2.75, 3.05) is 42.6 Å². The topological polar surface area (TPSA) is 129 Å². The number of nitrogens with one attached hydrogen (secondary N) is 1. The minimum Gasteiger partial charge on any atom is -0.460 e. The third-order valence-electron chi connectivity index (χ3n) is 10.3. The molecule has 3 heterocycles. The molecule has 3 aliphatic rings. The van der Waals surface area contributed by atoms with Crippen LogP contribution in [0, 0.1) is 11.8 Å². The second-order valence-corrected chi connectivity index (χ2v) is 13.2. The number of hydrogen-bond donors (Lipinski definition) is 2. The molecule has 3 fully saturated rings. The molecule has 2 bridgehead atoms. The van der Waals surface area contributed by atoms with Crippen LogP contribution in [0.2, 0.25) is 0 Å². The number of amides is 3. The zero-order chi connectivity index (χ0) is 36.0. The highest BCUT2D eigenvalue weighted by atomic mass is 16.6. The van der Waals surface area contributed by atoms with Crippen LogP contribution in [0.1, 0.15) is 58.1 Å². The summed E-state index contributed by atoms with van der Waals surface area (Å²) < 4.78 is 12.5. The molecular weight excluding hydrogens is 636 g/mol. The number of fused-ring (bicyclic) bond motifs is 1. The number of nitrogens with zero attached hydrogens (tertiary/aromatic N) is 3. The second kappa shape index (κ2) is 16.0. The zero-order valence-corrected chi connectivity index (χ0v) is 29.3. The Hall–Kier alpha value is -4.48. The fourth-order valence-corrected chi connectivity index (χ4v) is 7.93. The van der Waals surface area contributed by atoms with Gasteiger partial charge < -0.3 is 34.6 Å². The summed E-state index contributed by atoms with van der Waals surface area (Å²) >= 11 is 0. The average molecular weight is 687 g/mol. The van der Waals surface area contributed by atoms with Gasteiger partial charge in [-0.3, -0.25) is 19.2 Å². The molecule has 2 N–H and O–H groups in total. The molecule has 11 nitrogen and oxygen atoms in total. The lowest BCUT2D eigenvalue weighted by molar-refractivity contribution is -0.159. The third-order valence-corrected chi connectivity index (χ3v) is 10.3. The molecule has 1 spiro atoms. The smallest absolute Gasteiger partial charge is 0.312 e. The highest BCUT2D eigenvalue weighted by molar-refractivity contribution is 6.05. The molecule has 268 valence electrons. The molecule has 11 heteroatoms. The number of ether oxygens (including phenoxy) is 2. The molecule has 3 amide bonds. The highest BCUT2D eigenvalue weighted by Gasteiger charge is 2.75. The summed E-state index contributed by atoms with van der Waals surface area (Å²) in [6, 6.07) is 14.8. The average Bonchev–Trinajstić information content (AvgIpc) is 3.78. The van der Waals surface area contributed by atoms with Crippen LogP contribution >= 0.6 is 0 Å². The maximum absolute atomic E-state index is 15.0. The van der Waals surface area contributed by atoms with Crippen molar-refractivity contribution in [1.29, 1.82) is 0 Å². The molecule has 0 unspecified atom stereocenters. The lowest BCUT2D eigenvalue weighted by atomic mass is 9.70. The summed E-state index contributed by atoms with van der Waals surface area (Å²) in [5, 5.41) is 13.6. The standard InChI is InChI=1S/C39H50N4O7/c1-6-10-16-32(45)40-24-26(5)49-38(48)33-31-21-22-39(50-31)34(33)36(46)43(30(25-44)27-14-12-11-13-15-27)35(39)37(47)42(23-7-2)29-19-17-28(18-20-29)41(8-3)9-4/h6-7,11-15,17-20,26,30-31,33-35,44H,1-2,8-10,16,21-25H2,3-5H3,(H,40,45)/t26-,30+,31+,33-,34-,35+,39-/m0/s1. The SMILES string of the molecule is C=CCCC(=O)NC[C@H](C)OC(=O)[C@@H]1[C@H]2C(=O)N([C@H](CO)c3ccccc3)[C@H](C(=O)N(CC=C)c3ccc(N(CC)CC)cc3)[C@]23CC[C@H]1O3. The lowest BCUT2D eigenvalue weighted by Gasteiger charge is -2.39. The number of hydrogen-bond acceptors (Lipinski definition) is 8. The molecular formula is C39H50N4O7. The van der Waals surface area contributed by atoms with E-state index >= 15 is 4.79 Å². The van der Waals surface area contributed by atoms with E-state index in [2.05, 4.69) is 37.2 Å². The summed E-state index contributed by atoms with van der Waals surface area (Å²) in [7, 11) is 0. The van der Waals surface area contributed by atoms with Crippen LogP contribution in [0.25, 0.3) is 0 Å². The molecule has 7 atom stereocenters. The maximum atomic E-state index is 15.0. The number of anilines is 2. The van der Waals surface area contributed by atoms with Gasteiger partial charge in [0, 0.05) is 37.4 Å². The fourth-order valence-electron chi connectivity index (χ4n) is 7.93. The first-order valence-electron chi connectivity index (χ1n) is 17.7. The van der Waals surface area contributed by atoms with Crippen LogP contribution < -0.4 is 15.1 Å². The molecule has 2 aromatic rings. The Bertz CT molecular complexity index is 1550. The summed E-state index contributed by atoms with van der Waals surface area (Å²) in [6.45, 7) is 14.9. The van der Waals surface area contributed by atoms with E-state index in [-0.39, 0.29) is 31.3 Å². The zero-order valence-electron chi connectivity index (χ0n) is 29.3. The van der Waals surface area contributed by atoms with Gasteiger partial charge in [0.15, 0.2) is 0 Å². The van der Waals surface area contributed by atoms with Gasteiger partial charge in [-0.15, -0.1) is 13.2 Å². The number of allylic oxidation sites excluding steroid dienone is 1. The van der Waals surface area contributed by atoms with Crippen LogP contribution in [-0.4, -0.2) is 90.3 Å². The van der Waals surface area contributed by atoms with Crippen LogP contribution in [-0.2, 0) is 28.7 Å². The summed E-state index contributed by atoms with van der Waals surface area (Å²) in [6.07, 6.45) is 3.68. The molecule has 2 aromatic carbocycles. The number of benzene rings is 2. The van der Waals surface area contributed by atoms with E-state index in [0.717, 1.165) is 18.8 Å². The van der Waals surface area contributed by atoms with Gasteiger partial charge in [-0.2, -0.15) is 0 Å². The molecule has 0 saturated carbocycles. The molecule has 50 heavy (non-hydrogen) atoms. The van der Waals surface area contributed by atoms with E-state index in [9.17, 15) is 19.5 Å². The molecule has 5 rings (SSSR count). The Morgan fingerprint density at radius 2 is 1.76 bits per heavy atom. The van der Waals surface area contributed by atoms with Crippen LogP contribution in [0.5, 0.6) is 0 Å². The van der Waals surface area contributed by atoms with Crippen LogP contribution in [0.3, 0.4) is 0 Å². The minimum atomic E-state index is -1.31. The van der Waals surface area contributed by atoms with Gasteiger partial charge in [-0.05, 0) is 69.9 Å². The van der Waals surface area contributed by atoms with Gasteiger partial charge in [-0.25, -0.2) is 0 Å². The summed E-state index contributed by atoms with van der Waals surface area (Å²) in [5.74, 6) is -3.55. The van der Waals surface area contributed by atoms with Gasteiger partial charge >= 0.3 is 5.97 Å². The van der Waals surface area contributed by atoms with Gasteiger partial charge in [0.25, 0.3) is 5.91 Å². The Balaban J connectivity index is 1.50. The predicted molar refractivity (Wildman–Crippen MR) is 191 cm³/mol. The van der Waals surface area contributed by atoms with Crippen molar-refractivity contribution in [2.24, 2.45) is 11.8 Å². The van der Waals surface area contributed by atoms with E-state index in [0.29, 0.717) is 30.5 Å². The van der Waals surface area contributed by atoms with Gasteiger partial charge in [-0.1, -0.05) is 42.5 Å². The highest BCUT2D eigenvalue weighted by Crippen LogP contribution is 2.60. The number of carbonyl (C=O) groups excluding carboxylic acids is 4. The molecule has 3 aliphatic heterocycles. The first kappa shape index (κ1) is 36.8. The monoisotopic (exact) mass is 686 g/mol. The quantitative estimate of drug-likeness (QED) is 0.188. The number of carbonyl (C=O) groups is 4. The number of esters is 1. The molecule has 0 radical (unpaired) electrons. The van der Waals surface area contributed by atoms with E-state index in [1.807, 2.05) is 54.6 Å². The van der Waals surface area contributed by atoms with Crippen molar-refractivity contribution in [3.8, 4) is 0 Å². The second-order valence-electron chi connectivity index (χ2n) is 13.2. The summed E-state index contributed by atoms with van der Waals surface area (Å²) in [5.41, 5.74) is 1.000. The van der Waals surface area contributed by atoms with E-state index < -0.39 is 60.2 Å². The largest absolute Gasteiger partial charge is 0.460 e. The number of aliphatic hydroxyl groups excluding tert-OH is 1. The van der Waals surface area contributed by atoms with E-state index in [1.54, 1.807) is 24.0 Å². The van der Waals surface area contributed by atoms with Crippen molar-refractivity contribution >= 4 is 35.1 Å². The van der Waals surface area contributed by atoms with Crippen molar-refractivity contribution in [2.45, 2.75) is 76.3 Å². The third kappa shape index (κ3) is 6.93. The Kier molecular flexibility index (Phi) is 11.8. The van der Waals surface area contributed by atoms with Crippen molar-refractivity contribution in [1.82, 2.24) is 10.2 Å². The Morgan fingerprint density at radius 3 is 2.38 bits per heavy atom. The fraction of sp³-hybridized carbons (Fsp3) is 0.487. The van der Waals surface area contributed by atoms with E-state index in [4.69, 9.17) is 9.47 Å². The van der Waals surface area contributed by atoms with Crippen molar-refractivity contribution < 1.29 is 33.8 Å². The van der Waals surface area contributed by atoms with Gasteiger partial charge in [0.1, 0.15) is 17.7 Å².